The normalized spacial score (nSPS) is 12.2. The van der Waals surface area contributed by atoms with Crippen LogP contribution < -0.4 is 26.1 Å². The maximum absolute atomic E-state index is 12.6. The molecule has 4 aromatic rings. The van der Waals surface area contributed by atoms with Crippen LogP contribution in [0.25, 0.3) is 11.2 Å². The molecule has 0 aliphatic carbocycles. The topological polar surface area (TPSA) is 136 Å². The Balaban J connectivity index is 1.60. The molecular formula is C23H24N6O5. The van der Waals surface area contributed by atoms with Crippen molar-refractivity contribution in [2.75, 3.05) is 19.1 Å². The first kappa shape index (κ1) is 22.8. The molecule has 0 fully saturated rings. The lowest BCUT2D eigenvalue weighted by Gasteiger charge is -2.15. The first-order valence-electron chi connectivity index (χ1n) is 10.4. The number of para-hydroxylation sites is 1. The average Bonchev–Trinajstić information content (AvgIpc) is 3.21. The summed E-state index contributed by atoms with van der Waals surface area (Å²) in [4.78, 5) is 31.2. The van der Waals surface area contributed by atoms with E-state index in [-0.39, 0.29) is 30.3 Å². The fourth-order valence-corrected chi connectivity index (χ4v) is 3.32. The van der Waals surface area contributed by atoms with Gasteiger partial charge < -0.3 is 19.1 Å². The summed E-state index contributed by atoms with van der Waals surface area (Å²) in [7, 11) is 3.08. The minimum atomic E-state index is -0.972. The summed E-state index contributed by atoms with van der Waals surface area (Å²) in [5.41, 5.74) is 2.68. The Morgan fingerprint density at radius 1 is 1.15 bits per heavy atom. The smallest absolute Gasteiger partial charge is 0.329 e. The van der Waals surface area contributed by atoms with Crippen LogP contribution in [0.5, 0.6) is 11.5 Å². The number of nitrogens with one attached hydrogen (secondary N) is 2. The van der Waals surface area contributed by atoms with Gasteiger partial charge in [-0.25, -0.2) is 10.2 Å². The third kappa shape index (κ3) is 4.99. The highest BCUT2D eigenvalue weighted by molar-refractivity contribution is 5.80. The lowest BCUT2D eigenvalue weighted by molar-refractivity contribution is 0.0938. The lowest BCUT2D eigenvalue weighted by atomic mass is 10.2. The summed E-state index contributed by atoms with van der Waals surface area (Å²) in [5.74, 6) is 1.52. The van der Waals surface area contributed by atoms with Crippen molar-refractivity contribution in [3.8, 4) is 11.5 Å². The van der Waals surface area contributed by atoms with Gasteiger partial charge in [0.15, 0.2) is 11.2 Å². The van der Waals surface area contributed by atoms with Crippen LogP contribution in [0, 0.1) is 0 Å². The lowest BCUT2D eigenvalue weighted by Crippen LogP contribution is -2.30. The predicted molar refractivity (Wildman–Crippen MR) is 128 cm³/mol. The van der Waals surface area contributed by atoms with Gasteiger partial charge in [0.1, 0.15) is 24.2 Å². The highest BCUT2D eigenvalue weighted by Gasteiger charge is 2.20. The van der Waals surface area contributed by atoms with Crippen molar-refractivity contribution < 1.29 is 14.6 Å². The monoisotopic (exact) mass is 464 g/mol. The van der Waals surface area contributed by atoms with Gasteiger partial charge in [-0.3, -0.25) is 14.3 Å². The number of benzene rings is 2. The summed E-state index contributed by atoms with van der Waals surface area (Å²) in [6.45, 7) is -0.0348. The second-order valence-electron chi connectivity index (χ2n) is 7.46. The van der Waals surface area contributed by atoms with Gasteiger partial charge in [0.25, 0.3) is 5.56 Å². The van der Waals surface area contributed by atoms with Crippen molar-refractivity contribution in [2.24, 2.45) is 12.1 Å². The molecule has 0 aliphatic rings. The van der Waals surface area contributed by atoms with Gasteiger partial charge in [-0.15, -0.1) is 0 Å². The SMILES string of the molecule is COc1ccc(C=NNc2nc3c(c(=O)[nH]c(=O)n3C)n2CC(O)COc2ccccc2)cc1. The van der Waals surface area contributed by atoms with Crippen LogP contribution in [-0.2, 0) is 13.6 Å². The van der Waals surface area contributed by atoms with Crippen molar-refractivity contribution in [3.63, 3.8) is 0 Å². The molecule has 0 saturated carbocycles. The number of hydrazone groups is 1. The number of imidazole rings is 1. The number of fused-ring (bicyclic) bond motifs is 1. The van der Waals surface area contributed by atoms with Crippen LogP contribution in [-0.4, -0.2) is 50.2 Å². The van der Waals surface area contributed by atoms with E-state index in [0.717, 1.165) is 11.3 Å². The van der Waals surface area contributed by atoms with Crippen molar-refractivity contribution in [1.29, 1.82) is 0 Å². The first-order valence-corrected chi connectivity index (χ1v) is 10.4. The molecular weight excluding hydrogens is 440 g/mol. The summed E-state index contributed by atoms with van der Waals surface area (Å²) in [5, 5.41) is 14.8. The fourth-order valence-electron chi connectivity index (χ4n) is 3.32. The number of hydrogen-bond donors (Lipinski definition) is 3. The Morgan fingerprint density at radius 3 is 2.59 bits per heavy atom. The van der Waals surface area contributed by atoms with E-state index in [4.69, 9.17) is 9.47 Å². The number of H-pyrrole nitrogens is 1. The molecule has 0 radical (unpaired) electrons. The molecule has 11 nitrogen and oxygen atoms in total. The summed E-state index contributed by atoms with van der Waals surface area (Å²) in [6, 6.07) is 16.3. The van der Waals surface area contributed by atoms with Crippen LogP contribution in [0.4, 0.5) is 5.95 Å². The van der Waals surface area contributed by atoms with Crippen LogP contribution in [0.1, 0.15) is 5.56 Å². The number of ether oxygens (including phenoxy) is 2. The molecule has 2 heterocycles. The zero-order valence-corrected chi connectivity index (χ0v) is 18.6. The maximum atomic E-state index is 12.6. The van der Waals surface area contributed by atoms with Gasteiger partial charge in [-0.2, -0.15) is 10.1 Å². The van der Waals surface area contributed by atoms with E-state index in [2.05, 4.69) is 20.5 Å². The number of nitrogens with zero attached hydrogens (tertiary/aromatic N) is 4. The molecule has 3 N–H and O–H groups in total. The zero-order chi connectivity index (χ0) is 24.1. The first-order chi connectivity index (χ1) is 16.5. The molecule has 0 saturated heterocycles. The highest BCUT2D eigenvalue weighted by Crippen LogP contribution is 2.17. The number of anilines is 1. The molecule has 176 valence electrons. The van der Waals surface area contributed by atoms with E-state index < -0.39 is 17.4 Å². The van der Waals surface area contributed by atoms with Crippen molar-refractivity contribution >= 4 is 23.3 Å². The molecule has 0 amide bonds. The molecule has 2 aromatic heterocycles. The van der Waals surface area contributed by atoms with Crippen molar-refractivity contribution in [1.82, 2.24) is 19.1 Å². The van der Waals surface area contributed by atoms with Crippen LogP contribution in [0.3, 0.4) is 0 Å². The number of aromatic amines is 1. The zero-order valence-electron chi connectivity index (χ0n) is 18.6. The Morgan fingerprint density at radius 2 is 1.88 bits per heavy atom. The van der Waals surface area contributed by atoms with Crippen molar-refractivity contribution in [2.45, 2.75) is 12.6 Å². The Labute approximate surface area is 193 Å². The van der Waals surface area contributed by atoms with E-state index >= 15 is 0 Å². The summed E-state index contributed by atoms with van der Waals surface area (Å²) >= 11 is 0. The molecule has 0 spiro atoms. The Kier molecular flexibility index (Phi) is 6.74. The largest absolute Gasteiger partial charge is 0.497 e. The summed E-state index contributed by atoms with van der Waals surface area (Å²) in [6.07, 6.45) is 0.599. The third-order valence-electron chi connectivity index (χ3n) is 5.08. The Bertz CT molecular complexity index is 1410. The standard InChI is InChI=1S/C23H24N6O5/c1-28-20-19(21(31)26-23(28)32)29(13-16(30)14-34-18-6-4-3-5-7-18)22(25-20)27-24-12-15-8-10-17(33-2)11-9-15/h3-12,16,30H,13-14H2,1-2H3,(H,25,27)(H,26,31,32). The number of aliphatic hydroxyl groups is 1. The fraction of sp³-hybridized carbons (Fsp3) is 0.217. The second kappa shape index (κ2) is 10.0. The van der Waals surface area contributed by atoms with Gasteiger partial charge >= 0.3 is 5.69 Å². The van der Waals surface area contributed by atoms with Gasteiger partial charge in [-0.1, -0.05) is 18.2 Å². The quantitative estimate of drug-likeness (QED) is 0.251. The molecule has 1 atom stereocenters. The number of hydrogen-bond acceptors (Lipinski definition) is 8. The number of methoxy groups -OCH3 is 1. The van der Waals surface area contributed by atoms with Gasteiger partial charge in [0.2, 0.25) is 5.95 Å². The molecule has 2 aromatic carbocycles. The highest BCUT2D eigenvalue weighted by atomic mass is 16.5. The van der Waals surface area contributed by atoms with Crippen molar-refractivity contribution in [3.05, 3.63) is 81.0 Å². The number of aromatic nitrogens is 4. The summed E-state index contributed by atoms with van der Waals surface area (Å²) < 4.78 is 13.4. The molecule has 1 unspecified atom stereocenters. The average molecular weight is 464 g/mol. The minimum absolute atomic E-state index is 0.0120. The van der Waals surface area contributed by atoms with E-state index in [1.54, 1.807) is 37.6 Å². The molecule has 11 heteroatoms. The molecule has 4 rings (SSSR count). The van der Waals surface area contributed by atoms with Gasteiger partial charge in [0, 0.05) is 7.05 Å². The molecule has 0 bridgehead atoms. The predicted octanol–water partition coefficient (Wildman–Crippen LogP) is 1.32. The molecule has 0 aliphatic heterocycles. The van der Waals surface area contributed by atoms with Crippen LogP contribution in [0.15, 0.2) is 69.3 Å². The van der Waals surface area contributed by atoms with E-state index in [1.807, 2.05) is 30.3 Å². The van der Waals surface area contributed by atoms with Gasteiger partial charge in [0.05, 0.1) is 19.9 Å². The second-order valence-corrected chi connectivity index (χ2v) is 7.46. The number of aliphatic hydroxyl groups excluding tert-OH is 1. The van der Waals surface area contributed by atoms with E-state index in [9.17, 15) is 14.7 Å². The minimum Gasteiger partial charge on any atom is -0.497 e. The van der Waals surface area contributed by atoms with E-state index in [0.29, 0.717) is 5.75 Å². The number of aryl methyl sites for hydroxylation is 1. The Hall–Kier alpha value is -4.38. The number of rotatable bonds is 9. The maximum Gasteiger partial charge on any atom is 0.329 e. The van der Waals surface area contributed by atoms with Crippen LogP contribution in [0.2, 0.25) is 0 Å². The van der Waals surface area contributed by atoms with Crippen LogP contribution >= 0.6 is 0 Å². The van der Waals surface area contributed by atoms with Gasteiger partial charge in [-0.05, 0) is 42.0 Å². The third-order valence-corrected chi connectivity index (χ3v) is 5.08. The molecule has 34 heavy (non-hydrogen) atoms. The van der Waals surface area contributed by atoms with E-state index in [1.165, 1.54) is 16.2 Å².